The predicted molar refractivity (Wildman–Crippen MR) is 303 cm³/mol. The summed E-state index contributed by atoms with van der Waals surface area (Å²) in [7, 11) is 0. The zero-order valence-corrected chi connectivity index (χ0v) is 66.3. The van der Waals surface area contributed by atoms with Gasteiger partial charge in [0.1, 0.15) is 0 Å². The Morgan fingerprint density at radius 1 is 0.0942 bits per heavy atom. The van der Waals surface area contributed by atoms with E-state index in [9.17, 15) is 237 Å². The Morgan fingerprint density at radius 2 is 0.159 bits per heavy atom. The normalized spacial score (nSPS) is 16.6. The minimum absolute atomic E-state index is 2.50. The third-order valence-electron chi connectivity index (χ3n) is 17.2. The minimum atomic E-state index is -9.43. The molecule has 0 aliphatic heterocycles. The number of hydrogen-bond donors (Lipinski definition) is 0. The molecule has 1 rings (SSSR count). The maximum atomic E-state index is 15.6. The van der Waals surface area contributed by atoms with Crippen LogP contribution in [-0.2, 0) is 0 Å². The van der Waals surface area contributed by atoms with Gasteiger partial charge in [-0.3, -0.25) is 0 Å². The van der Waals surface area contributed by atoms with Gasteiger partial charge < -0.3 is 0 Å². The topological polar surface area (TPSA) is 0 Å². The van der Waals surface area contributed by atoms with Crippen molar-refractivity contribution in [3.63, 3.8) is 0 Å². The molecular formula is C54H24F78S6. The van der Waals surface area contributed by atoms with E-state index in [-0.39, 0.29) is 0 Å². The molecule has 0 fully saturated rings. The van der Waals surface area contributed by atoms with Crippen molar-refractivity contribution in [1.82, 2.24) is 0 Å². The molecule has 0 bridgehead atoms. The summed E-state index contributed by atoms with van der Waals surface area (Å²) in [6.45, 7) is 0. The summed E-state index contributed by atoms with van der Waals surface area (Å²) in [6.07, 6.45) is -79.3. The second-order valence-electron chi connectivity index (χ2n) is 26.6. The first kappa shape index (κ1) is 132. The van der Waals surface area contributed by atoms with Gasteiger partial charge in [0, 0.05) is 102 Å². The number of hydrogen-bond acceptors (Lipinski definition) is 6. The van der Waals surface area contributed by atoms with Gasteiger partial charge >= 0.3 is 215 Å². The standard InChI is InChI=1S/C54H24F78S6/c55-19(56,25(67,68)31(79,80)37(91,92)43(103,104)49(115,116)117)1-7-133-13-14(134-8-2-20(57,58)26(69,70)32(81,82)38(93,94)44(105,106)50(118,119)120)16(136-10-4-22(61,62)28(73,74)34(85,86)40(97,98)46(109,110)52(124,125)126)18(138-12-6-24(65,66)30(77,78)36(89,90)42(101,102)48(113,114)54(130,131)132)17(137-11-5-23(63,64)29(75,76)35(87,88)41(99,100)47(111,112)53(127,128)129)15(13)135-9-3-21(59,60)27(71,72)33(83,84)39(95,96)45(107,108)51(121,122)123/h1-12H2. The maximum Gasteiger partial charge on any atom is 0.460 e. The van der Waals surface area contributed by atoms with E-state index in [4.69, 9.17) is 0 Å². The van der Waals surface area contributed by atoms with Crippen LogP contribution in [0.15, 0.2) is 29.4 Å². The first-order valence-corrected chi connectivity index (χ1v) is 37.7. The second kappa shape index (κ2) is 37.6. The average Bonchev–Trinajstić information content (AvgIpc) is 0.727. The molecule has 84 heteroatoms. The van der Waals surface area contributed by atoms with E-state index in [0.29, 0.717) is 0 Å². The van der Waals surface area contributed by atoms with Crippen LogP contribution in [0.25, 0.3) is 0 Å². The Morgan fingerprint density at radius 3 is 0.225 bits per heavy atom. The first-order valence-electron chi connectivity index (χ1n) is 31.8. The molecule has 0 heterocycles. The van der Waals surface area contributed by atoms with Crippen LogP contribution >= 0.6 is 70.6 Å². The Balaban J connectivity index is 6.13. The lowest BCUT2D eigenvalue weighted by atomic mass is 9.93. The monoisotopic (exact) mass is 2350 g/mol. The maximum absolute atomic E-state index is 15.6. The summed E-state index contributed by atoms with van der Waals surface area (Å²) in [5.74, 6) is -295. The molecule has 0 atom stereocenters. The summed E-state index contributed by atoms with van der Waals surface area (Å²) in [5, 5.41) is 0. The Labute approximate surface area is 729 Å². The van der Waals surface area contributed by atoms with Gasteiger partial charge in [0.05, 0.1) is 0 Å². The van der Waals surface area contributed by atoms with Crippen LogP contribution in [0, 0.1) is 0 Å². The zero-order chi connectivity index (χ0) is 112. The van der Waals surface area contributed by atoms with Gasteiger partial charge in [-0.05, 0) is 0 Å². The molecule has 0 aromatic heterocycles. The summed E-state index contributed by atoms with van der Waals surface area (Å²) in [4.78, 5) is -21.3. The molecule has 0 aliphatic carbocycles. The molecular weight excluding hydrogens is 2320 g/mol. The van der Waals surface area contributed by atoms with E-state index in [1.807, 2.05) is 0 Å². The molecule has 0 aliphatic rings. The third-order valence-corrected chi connectivity index (χ3v) is 24.6. The summed E-state index contributed by atoms with van der Waals surface area (Å²) < 4.78 is 1120. The van der Waals surface area contributed by atoms with Crippen molar-refractivity contribution < 1.29 is 342 Å². The fourth-order valence-corrected chi connectivity index (χ4v) is 17.5. The van der Waals surface area contributed by atoms with Crippen LogP contribution in [0.5, 0.6) is 0 Å². The summed E-state index contributed by atoms with van der Waals surface area (Å²) in [6, 6.07) is 0. The van der Waals surface area contributed by atoms with Crippen molar-refractivity contribution in [2.75, 3.05) is 34.5 Å². The SMILES string of the molecule is FC(F)(F)C(F)(F)C(F)(F)C(F)(F)C(F)(F)C(F)(F)CCSc1c(SCCC(F)(F)C(F)(F)C(F)(F)C(F)(F)C(F)(F)C(F)(F)F)c(SCCC(F)(F)C(F)(F)C(F)(F)C(F)(F)C(F)(F)C(F)(F)F)c(SCCC(F)(F)C(F)(F)C(F)(F)C(F)(F)C(F)(F)C(F)(F)F)c(SCCC(F)(F)C(F)(F)C(F)(F)C(F)(F)C(F)(F)C(F)(F)F)c1SCCC(F)(F)C(F)(F)C(F)(F)C(F)(F)C(F)(F)C(F)(F)F. The van der Waals surface area contributed by atoms with Gasteiger partial charge in [-0.25, -0.2) is 0 Å². The van der Waals surface area contributed by atoms with Crippen LogP contribution in [0.4, 0.5) is 342 Å². The van der Waals surface area contributed by atoms with Crippen LogP contribution in [-0.4, -0.2) is 249 Å². The van der Waals surface area contributed by atoms with Crippen molar-refractivity contribution in [2.45, 2.75) is 283 Å². The highest BCUT2D eigenvalue weighted by Gasteiger charge is 2.98. The molecule has 0 spiro atoms. The van der Waals surface area contributed by atoms with E-state index in [2.05, 4.69) is 0 Å². The lowest BCUT2D eigenvalue weighted by Gasteiger charge is -2.40. The lowest BCUT2D eigenvalue weighted by molar-refractivity contribution is -0.439. The molecule has 0 radical (unpaired) electrons. The number of rotatable bonds is 48. The van der Waals surface area contributed by atoms with Gasteiger partial charge in [-0.15, -0.1) is 70.6 Å². The van der Waals surface area contributed by atoms with E-state index in [1.54, 1.807) is 0 Å². The molecule has 1 aromatic rings. The van der Waals surface area contributed by atoms with Gasteiger partial charge in [-0.1, -0.05) is 0 Å². The van der Waals surface area contributed by atoms with Crippen molar-refractivity contribution in [1.29, 1.82) is 0 Å². The fraction of sp³-hybridized carbons (Fsp3) is 0.889. The number of benzene rings is 1. The fourth-order valence-electron chi connectivity index (χ4n) is 8.85. The average molecular weight is 2350 g/mol. The van der Waals surface area contributed by atoms with Crippen molar-refractivity contribution in [3.05, 3.63) is 0 Å². The zero-order valence-electron chi connectivity index (χ0n) is 61.4. The third kappa shape index (κ3) is 20.5. The molecule has 0 saturated carbocycles. The molecule has 0 amide bonds. The largest absolute Gasteiger partial charge is 0.460 e. The lowest BCUT2D eigenvalue weighted by Crippen LogP contribution is -2.70. The predicted octanol–water partition coefficient (Wildman–Crippen LogP) is 33.0. The van der Waals surface area contributed by atoms with Crippen molar-refractivity contribution in [3.8, 4) is 0 Å². The number of thioether (sulfide) groups is 6. The first-order chi connectivity index (χ1) is 59.1. The molecule has 138 heavy (non-hydrogen) atoms. The molecule has 0 nitrogen and oxygen atoms in total. The van der Waals surface area contributed by atoms with Crippen LogP contribution in [0.3, 0.4) is 0 Å². The Kier molecular flexibility index (Phi) is 35.9. The Bertz CT molecular complexity index is 3570. The van der Waals surface area contributed by atoms with Crippen LogP contribution < -0.4 is 0 Å². The molecule has 0 N–H and O–H groups in total. The molecule has 0 unspecified atom stereocenters. The smallest absolute Gasteiger partial charge is 0.200 e. The number of alkyl halides is 78. The highest BCUT2D eigenvalue weighted by molar-refractivity contribution is 8.06. The van der Waals surface area contributed by atoms with Gasteiger partial charge in [0.15, 0.2) is 0 Å². The highest BCUT2D eigenvalue weighted by Crippen LogP contribution is 2.71. The summed E-state index contributed by atoms with van der Waals surface area (Å²) >= 11 is -15.0. The van der Waals surface area contributed by atoms with E-state index >= 15 is 105 Å². The van der Waals surface area contributed by atoms with Gasteiger partial charge in [0.25, 0.3) is 0 Å². The van der Waals surface area contributed by atoms with Gasteiger partial charge in [-0.2, -0.15) is 342 Å². The molecule has 1 aromatic carbocycles. The van der Waals surface area contributed by atoms with Crippen molar-refractivity contribution in [2.24, 2.45) is 0 Å². The van der Waals surface area contributed by atoms with E-state index in [0.717, 1.165) is 0 Å². The molecule has 822 valence electrons. The van der Waals surface area contributed by atoms with Crippen molar-refractivity contribution >= 4 is 70.6 Å². The second-order valence-corrected chi connectivity index (χ2v) is 33.2. The summed E-state index contributed by atoms with van der Waals surface area (Å²) in [5.41, 5.74) is 0. The van der Waals surface area contributed by atoms with E-state index < -0.39 is 388 Å². The molecule has 0 saturated heterocycles. The van der Waals surface area contributed by atoms with Crippen LogP contribution in [0.2, 0.25) is 0 Å². The van der Waals surface area contributed by atoms with Gasteiger partial charge in [0.2, 0.25) is 0 Å². The van der Waals surface area contributed by atoms with E-state index in [1.165, 1.54) is 0 Å². The number of halogens is 78. The Hall–Kier alpha value is -4.14. The van der Waals surface area contributed by atoms with Crippen LogP contribution in [0.1, 0.15) is 38.5 Å². The minimum Gasteiger partial charge on any atom is -0.200 e. The highest BCUT2D eigenvalue weighted by atomic mass is 32.2. The quantitative estimate of drug-likeness (QED) is 0.0468.